The van der Waals surface area contributed by atoms with E-state index >= 15 is 0 Å². The number of amides is 1. The smallest absolute Gasteiger partial charge is 0.240 e. The number of nitrogens with one attached hydrogen (secondary N) is 1. The Morgan fingerprint density at radius 2 is 2.50 bits per heavy atom. The van der Waals surface area contributed by atoms with Crippen LogP contribution < -0.4 is 5.32 Å². The second-order valence-corrected chi connectivity index (χ2v) is 2.61. The van der Waals surface area contributed by atoms with Gasteiger partial charge in [-0.3, -0.25) is 4.79 Å². The topological polar surface area (TPSA) is 57.8 Å². The first-order chi connectivity index (χ1) is 6.77. The zero-order valence-corrected chi connectivity index (χ0v) is 7.53. The Labute approximate surface area is 82.1 Å². The summed E-state index contributed by atoms with van der Waals surface area (Å²) < 4.78 is 1.56. The Morgan fingerprint density at radius 3 is 3.14 bits per heavy atom. The highest BCUT2D eigenvalue weighted by Gasteiger charge is 2.04. The summed E-state index contributed by atoms with van der Waals surface area (Å²) in [4.78, 5) is 11.2. The third-order valence-electron chi connectivity index (χ3n) is 1.65. The highest BCUT2D eigenvalue weighted by atomic mass is 16.1. The van der Waals surface area contributed by atoms with Gasteiger partial charge in [0.15, 0.2) is 0 Å². The first-order valence-electron chi connectivity index (χ1n) is 4.03. The Morgan fingerprint density at radius 1 is 1.71 bits per heavy atom. The summed E-state index contributed by atoms with van der Waals surface area (Å²) in [5.41, 5.74) is 0.459. The molecule has 4 nitrogen and oxygen atoms in total. The molecule has 0 spiro atoms. The first-order valence-corrected chi connectivity index (χ1v) is 4.03. The molecule has 0 radical (unpaired) electrons. The molecule has 0 atom stereocenters. The van der Waals surface area contributed by atoms with Crippen molar-refractivity contribution in [2.45, 2.75) is 6.54 Å². The molecule has 0 bridgehead atoms. The monoisotopic (exact) mass is 187 g/mol. The minimum absolute atomic E-state index is 0.123. The van der Waals surface area contributed by atoms with Gasteiger partial charge in [-0.15, -0.1) is 6.42 Å². The minimum atomic E-state index is -0.198. The minimum Gasteiger partial charge on any atom is -0.344 e. The summed E-state index contributed by atoms with van der Waals surface area (Å²) in [6.45, 7) is 0.333. The van der Waals surface area contributed by atoms with Crippen LogP contribution in [0.1, 0.15) is 5.69 Å². The van der Waals surface area contributed by atoms with Gasteiger partial charge in [-0.2, -0.15) is 5.26 Å². The molecule has 1 aromatic heterocycles. The Bertz CT molecular complexity index is 406. The van der Waals surface area contributed by atoms with Crippen LogP contribution in [0.2, 0.25) is 0 Å². The third kappa shape index (κ3) is 2.40. The SMILES string of the molecule is C#CCNC(=O)Cn1cccc1C#N. The molecular formula is C10H9N3O. The quantitative estimate of drug-likeness (QED) is 0.683. The molecule has 0 fully saturated rings. The fourth-order valence-electron chi connectivity index (χ4n) is 1.01. The van der Waals surface area contributed by atoms with Crippen LogP contribution in [0.4, 0.5) is 0 Å². The van der Waals surface area contributed by atoms with Crippen molar-refractivity contribution in [1.82, 2.24) is 9.88 Å². The van der Waals surface area contributed by atoms with Crippen LogP contribution in [-0.2, 0) is 11.3 Å². The van der Waals surface area contributed by atoms with Gasteiger partial charge in [0.25, 0.3) is 0 Å². The van der Waals surface area contributed by atoms with E-state index in [4.69, 9.17) is 11.7 Å². The molecule has 1 rings (SSSR count). The van der Waals surface area contributed by atoms with Crippen LogP contribution in [0.5, 0.6) is 0 Å². The fourth-order valence-corrected chi connectivity index (χ4v) is 1.01. The van der Waals surface area contributed by atoms with E-state index in [9.17, 15) is 4.79 Å². The number of hydrogen-bond donors (Lipinski definition) is 1. The number of terminal acetylenes is 1. The van der Waals surface area contributed by atoms with Crippen LogP contribution in [0, 0.1) is 23.7 Å². The summed E-state index contributed by atoms with van der Waals surface area (Å²) >= 11 is 0. The first kappa shape index (κ1) is 9.88. The van der Waals surface area contributed by atoms with Crippen molar-refractivity contribution in [3.05, 3.63) is 24.0 Å². The predicted octanol–water partition coefficient (Wildman–Crippen LogP) is 0.109. The maximum absolute atomic E-state index is 11.2. The number of rotatable bonds is 3. The van der Waals surface area contributed by atoms with Gasteiger partial charge >= 0.3 is 0 Å². The van der Waals surface area contributed by atoms with Crippen LogP contribution in [-0.4, -0.2) is 17.0 Å². The maximum atomic E-state index is 11.2. The Kier molecular flexibility index (Phi) is 3.34. The van der Waals surface area contributed by atoms with E-state index in [-0.39, 0.29) is 19.0 Å². The molecule has 0 aromatic carbocycles. The molecule has 0 unspecified atom stereocenters. The van der Waals surface area contributed by atoms with E-state index in [2.05, 4.69) is 11.2 Å². The maximum Gasteiger partial charge on any atom is 0.240 e. The van der Waals surface area contributed by atoms with Crippen LogP contribution in [0.15, 0.2) is 18.3 Å². The number of carbonyl (C=O) groups excluding carboxylic acids is 1. The van der Waals surface area contributed by atoms with E-state index in [0.29, 0.717) is 5.69 Å². The van der Waals surface area contributed by atoms with Crippen LogP contribution in [0.25, 0.3) is 0 Å². The number of nitrogens with zero attached hydrogens (tertiary/aromatic N) is 2. The van der Waals surface area contributed by atoms with Crippen molar-refractivity contribution in [1.29, 1.82) is 5.26 Å². The lowest BCUT2D eigenvalue weighted by molar-refractivity contribution is -0.121. The van der Waals surface area contributed by atoms with Crippen molar-refractivity contribution < 1.29 is 4.79 Å². The van der Waals surface area contributed by atoms with Crippen molar-refractivity contribution in [3.63, 3.8) is 0 Å². The summed E-state index contributed by atoms with van der Waals surface area (Å²) in [7, 11) is 0. The molecule has 0 aliphatic rings. The van der Waals surface area contributed by atoms with E-state index in [1.165, 1.54) is 0 Å². The number of nitriles is 1. The standard InChI is InChI=1S/C10H9N3O/c1-2-5-12-10(14)8-13-6-3-4-9(13)7-11/h1,3-4,6H,5,8H2,(H,12,14). The predicted molar refractivity (Wildman–Crippen MR) is 51.0 cm³/mol. The lowest BCUT2D eigenvalue weighted by Gasteiger charge is -2.03. The van der Waals surface area contributed by atoms with Gasteiger partial charge in [-0.05, 0) is 12.1 Å². The van der Waals surface area contributed by atoms with Gasteiger partial charge < -0.3 is 9.88 Å². The highest BCUT2D eigenvalue weighted by molar-refractivity contribution is 5.76. The van der Waals surface area contributed by atoms with Crippen molar-refractivity contribution in [2.24, 2.45) is 0 Å². The largest absolute Gasteiger partial charge is 0.344 e. The Balaban J connectivity index is 2.58. The molecule has 1 amide bonds. The zero-order valence-electron chi connectivity index (χ0n) is 7.53. The number of hydrogen-bond acceptors (Lipinski definition) is 2. The van der Waals surface area contributed by atoms with E-state index in [0.717, 1.165) is 0 Å². The van der Waals surface area contributed by atoms with Gasteiger partial charge in [-0.1, -0.05) is 5.92 Å². The number of carbonyl (C=O) groups is 1. The lowest BCUT2D eigenvalue weighted by Crippen LogP contribution is -2.27. The van der Waals surface area contributed by atoms with Crippen molar-refractivity contribution in [2.75, 3.05) is 6.54 Å². The molecular weight excluding hydrogens is 178 g/mol. The molecule has 1 aromatic rings. The molecule has 70 valence electrons. The van der Waals surface area contributed by atoms with Crippen LogP contribution >= 0.6 is 0 Å². The summed E-state index contributed by atoms with van der Waals surface area (Å²) in [5, 5.41) is 11.2. The Hall–Kier alpha value is -2.20. The molecule has 4 heteroatoms. The van der Waals surface area contributed by atoms with Gasteiger partial charge in [0.1, 0.15) is 18.3 Å². The molecule has 0 aliphatic heterocycles. The van der Waals surface area contributed by atoms with Crippen LogP contribution in [0.3, 0.4) is 0 Å². The average molecular weight is 187 g/mol. The fraction of sp³-hybridized carbons (Fsp3) is 0.200. The van der Waals surface area contributed by atoms with Crippen molar-refractivity contribution in [3.8, 4) is 18.4 Å². The van der Waals surface area contributed by atoms with Gasteiger partial charge in [-0.25, -0.2) is 0 Å². The van der Waals surface area contributed by atoms with Gasteiger partial charge in [0.05, 0.1) is 6.54 Å². The van der Waals surface area contributed by atoms with E-state index in [1.54, 1.807) is 22.9 Å². The summed E-state index contributed by atoms with van der Waals surface area (Å²) in [6, 6.07) is 5.34. The molecule has 0 saturated heterocycles. The third-order valence-corrected chi connectivity index (χ3v) is 1.65. The molecule has 1 N–H and O–H groups in total. The molecule has 0 saturated carbocycles. The average Bonchev–Trinajstić information content (AvgIpc) is 2.62. The van der Waals surface area contributed by atoms with E-state index < -0.39 is 0 Å². The van der Waals surface area contributed by atoms with Gasteiger partial charge in [0, 0.05) is 6.20 Å². The summed E-state index contributed by atoms with van der Waals surface area (Å²) in [5.74, 6) is 2.10. The van der Waals surface area contributed by atoms with Gasteiger partial charge in [0.2, 0.25) is 5.91 Å². The van der Waals surface area contributed by atoms with E-state index in [1.807, 2.05) is 6.07 Å². The zero-order chi connectivity index (χ0) is 10.4. The number of aromatic nitrogens is 1. The molecule has 14 heavy (non-hydrogen) atoms. The summed E-state index contributed by atoms with van der Waals surface area (Å²) in [6.07, 6.45) is 6.66. The van der Waals surface area contributed by atoms with Crippen molar-refractivity contribution >= 4 is 5.91 Å². The normalized spacial score (nSPS) is 8.71. The second-order valence-electron chi connectivity index (χ2n) is 2.61. The molecule has 1 heterocycles. The second kappa shape index (κ2) is 4.74. The lowest BCUT2D eigenvalue weighted by atomic mass is 10.4. The highest BCUT2D eigenvalue weighted by Crippen LogP contribution is 1.99. The molecule has 0 aliphatic carbocycles.